The number of nitrogens with one attached hydrogen (secondary N) is 2. The molecule has 1 aromatic rings. The molecule has 0 atom stereocenters. The number of carbonyl (C=O) groups is 2. The summed E-state index contributed by atoms with van der Waals surface area (Å²) < 4.78 is 4.81. The topological polar surface area (TPSA) is 70.7 Å². The van der Waals surface area contributed by atoms with Gasteiger partial charge in [0, 0.05) is 31.6 Å². The second-order valence-electron chi connectivity index (χ2n) is 5.79. The molecule has 2 N–H and O–H groups in total. The van der Waals surface area contributed by atoms with Gasteiger partial charge in [-0.3, -0.25) is 4.79 Å². The molecule has 1 aromatic carbocycles. The van der Waals surface area contributed by atoms with E-state index in [1.54, 1.807) is 0 Å². The lowest BCUT2D eigenvalue weighted by Crippen LogP contribution is -2.35. The van der Waals surface area contributed by atoms with E-state index in [1.165, 1.54) is 20.0 Å². The second kappa shape index (κ2) is 8.53. The largest absolute Gasteiger partial charge is 0.375 e. The molecule has 1 heterocycles. The van der Waals surface area contributed by atoms with E-state index in [0.29, 0.717) is 5.69 Å². The maximum absolute atomic E-state index is 12.4. The number of rotatable bonds is 4. The van der Waals surface area contributed by atoms with E-state index in [1.807, 2.05) is 30.0 Å². The van der Waals surface area contributed by atoms with Gasteiger partial charge < -0.3 is 20.3 Å². The van der Waals surface area contributed by atoms with E-state index in [-0.39, 0.29) is 18.5 Å². The highest BCUT2D eigenvalue weighted by atomic mass is 16.5. The van der Waals surface area contributed by atoms with Crippen LogP contribution in [0.15, 0.2) is 18.2 Å². The highest BCUT2D eigenvalue weighted by Crippen LogP contribution is 2.24. The second-order valence-corrected chi connectivity index (χ2v) is 5.79. The zero-order chi connectivity index (χ0) is 16.7. The lowest BCUT2D eigenvalue weighted by molar-refractivity contribution is -0.119. The Morgan fingerprint density at radius 1 is 1.09 bits per heavy atom. The van der Waals surface area contributed by atoms with E-state index in [9.17, 15) is 9.59 Å². The van der Waals surface area contributed by atoms with E-state index in [2.05, 4.69) is 10.6 Å². The Kier molecular flexibility index (Phi) is 6.40. The summed E-state index contributed by atoms with van der Waals surface area (Å²) in [7, 11) is 1.48. The fourth-order valence-corrected chi connectivity index (χ4v) is 2.69. The van der Waals surface area contributed by atoms with Crippen molar-refractivity contribution in [3.63, 3.8) is 0 Å². The van der Waals surface area contributed by atoms with Gasteiger partial charge in [0.15, 0.2) is 0 Å². The average Bonchev–Trinajstić information content (AvgIpc) is 2.80. The first kappa shape index (κ1) is 17.3. The number of benzene rings is 1. The molecule has 1 aliphatic rings. The molecule has 23 heavy (non-hydrogen) atoms. The van der Waals surface area contributed by atoms with Gasteiger partial charge in [-0.15, -0.1) is 0 Å². The maximum atomic E-state index is 12.4. The summed E-state index contributed by atoms with van der Waals surface area (Å²) in [5.41, 5.74) is 2.23. The number of carbonyl (C=O) groups excluding carboxylic acids is 2. The molecule has 0 aromatic heterocycles. The molecule has 0 saturated carbocycles. The van der Waals surface area contributed by atoms with Gasteiger partial charge in [0.05, 0.1) is 0 Å². The van der Waals surface area contributed by atoms with Crippen LogP contribution in [0.4, 0.5) is 16.2 Å². The molecule has 0 radical (unpaired) electrons. The van der Waals surface area contributed by atoms with Gasteiger partial charge in [0.1, 0.15) is 6.61 Å². The van der Waals surface area contributed by atoms with Crippen LogP contribution in [0, 0.1) is 6.92 Å². The Morgan fingerprint density at radius 3 is 2.30 bits per heavy atom. The normalized spacial score (nSPS) is 15.0. The highest BCUT2D eigenvalue weighted by molar-refractivity contribution is 5.95. The summed E-state index contributed by atoms with van der Waals surface area (Å²) in [6.07, 6.45) is 4.48. The lowest BCUT2D eigenvalue weighted by Gasteiger charge is -2.22. The Morgan fingerprint density at radius 2 is 1.70 bits per heavy atom. The fourth-order valence-electron chi connectivity index (χ4n) is 2.69. The van der Waals surface area contributed by atoms with Crippen LogP contribution in [0.5, 0.6) is 0 Å². The molecule has 0 spiro atoms. The smallest absolute Gasteiger partial charge is 0.321 e. The standard InChI is InChI=1S/C17H25N3O3/c1-13-14(18-16(21)12-23-2)8-7-9-15(13)19-17(22)20-10-5-3-4-6-11-20/h7-9H,3-6,10-12H2,1-2H3,(H,18,21)(H,19,22). The molecule has 6 heteroatoms. The van der Waals surface area contributed by atoms with E-state index in [0.717, 1.165) is 37.2 Å². The van der Waals surface area contributed by atoms with Gasteiger partial charge >= 0.3 is 6.03 Å². The van der Waals surface area contributed by atoms with Gasteiger partial charge in [0.25, 0.3) is 0 Å². The third-order valence-corrected chi connectivity index (χ3v) is 4.02. The van der Waals surface area contributed by atoms with Crippen molar-refractivity contribution in [3.05, 3.63) is 23.8 Å². The number of likely N-dealkylation sites (tertiary alicyclic amines) is 1. The molecule has 0 bridgehead atoms. The summed E-state index contributed by atoms with van der Waals surface area (Å²) in [6.45, 7) is 3.48. The first-order chi connectivity index (χ1) is 11.1. The molecule has 0 unspecified atom stereocenters. The van der Waals surface area contributed by atoms with Crippen molar-refractivity contribution in [1.82, 2.24) is 4.90 Å². The van der Waals surface area contributed by atoms with Crippen LogP contribution in [0.2, 0.25) is 0 Å². The van der Waals surface area contributed by atoms with E-state index >= 15 is 0 Å². The fraction of sp³-hybridized carbons (Fsp3) is 0.529. The van der Waals surface area contributed by atoms with Crippen molar-refractivity contribution in [2.45, 2.75) is 32.6 Å². The Bertz CT molecular complexity index is 552. The van der Waals surface area contributed by atoms with Crippen molar-refractivity contribution < 1.29 is 14.3 Å². The SMILES string of the molecule is COCC(=O)Nc1cccc(NC(=O)N2CCCCCC2)c1C. The van der Waals surface area contributed by atoms with Gasteiger partial charge in [-0.05, 0) is 37.5 Å². The number of hydrogen-bond acceptors (Lipinski definition) is 3. The number of methoxy groups -OCH3 is 1. The first-order valence-corrected chi connectivity index (χ1v) is 8.06. The number of amides is 3. The zero-order valence-corrected chi connectivity index (χ0v) is 13.9. The third-order valence-electron chi connectivity index (χ3n) is 4.02. The van der Waals surface area contributed by atoms with Gasteiger partial charge in [0.2, 0.25) is 5.91 Å². The molecule has 0 aliphatic carbocycles. The summed E-state index contributed by atoms with van der Waals surface area (Å²) >= 11 is 0. The van der Waals surface area contributed by atoms with Crippen LogP contribution in [-0.2, 0) is 9.53 Å². The highest BCUT2D eigenvalue weighted by Gasteiger charge is 2.17. The van der Waals surface area contributed by atoms with Crippen LogP contribution in [-0.4, -0.2) is 43.6 Å². The van der Waals surface area contributed by atoms with Crippen LogP contribution in [0.1, 0.15) is 31.2 Å². The summed E-state index contributed by atoms with van der Waals surface area (Å²) in [5, 5.41) is 5.74. The lowest BCUT2D eigenvalue weighted by atomic mass is 10.1. The summed E-state index contributed by atoms with van der Waals surface area (Å²) in [4.78, 5) is 25.9. The average molecular weight is 319 g/mol. The number of hydrogen-bond donors (Lipinski definition) is 2. The monoisotopic (exact) mass is 319 g/mol. The van der Waals surface area contributed by atoms with Crippen molar-refractivity contribution >= 4 is 23.3 Å². The van der Waals surface area contributed by atoms with Crippen molar-refractivity contribution in [3.8, 4) is 0 Å². The van der Waals surface area contributed by atoms with Crippen LogP contribution < -0.4 is 10.6 Å². The number of anilines is 2. The third kappa shape index (κ3) is 4.96. The predicted octanol–water partition coefficient (Wildman–Crippen LogP) is 2.99. The Hall–Kier alpha value is -2.08. The molecular weight excluding hydrogens is 294 g/mol. The van der Waals surface area contributed by atoms with Gasteiger partial charge in [-0.2, -0.15) is 0 Å². The van der Waals surface area contributed by atoms with Crippen LogP contribution in [0.3, 0.4) is 0 Å². The molecule has 3 amide bonds. The minimum atomic E-state index is -0.216. The molecule has 1 aliphatic heterocycles. The summed E-state index contributed by atoms with van der Waals surface area (Å²) in [5.74, 6) is -0.216. The van der Waals surface area contributed by atoms with E-state index in [4.69, 9.17) is 4.74 Å². The number of ether oxygens (including phenoxy) is 1. The van der Waals surface area contributed by atoms with Crippen molar-refractivity contribution in [2.75, 3.05) is 37.4 Å². The maximum Gasteiger partial charge on any atom is 0.321 e. The molecule has 2 rings (SSSR count). The summed E-state index contributed by atoms with van der Waals surface area (Å²) in [6, 6.07) is 5.39. The molecule has 6 nitrogen and oxygen atoms in total. The Labute approximate surface area is 137 Å². The minimum Gasteiger partial charge on any atom is -0.375 e. The van der Waals surface area contributed by atoms with Gasteiger partial charge in [-0.25, -0.2) is 4.79 Å². The first-order valence-electron chi connectivity index (χ1n) is 8.06. The minimum absolute atomic E-state index is 0.00377. The molecule has 1 fully saturated rings. The van der Waals surface area contributed by atoms with Crippen molar-refractivity contribution in [1.29, 1.82) is 0 Å². The van der Waals surface area contributed by atoms with Crippen LogP contribution >= 0.6 is 0 Å². The number of urea groups is 1. The zero-order valence-electron chi connectivity index (χ0n) is 13.9. The molecule has 126 valence electrons. The molecular formula is C17H25N3O3. The van der Waals surface area contributed by atoms with Crippen LogP contribution in [0.25, 0.3) is 0 Å². The molecule has 1 saturated heterocycles. The number of nitrogens with zero attached hydrogens (tertiary/aromatic N) is 1. The Balaban J connectivity index is 2.04. The van der Waals surface area contributed by atoms with Gasteiger partial charge in [-0.1, -0.05) is 18.9 Å². The van der Waals surface area contributed by atoms with Crippen molar-refractivity contribution in [2.24, 2.45) is 0 Å². The predicted molar refractivity (Wildman–Crippen MR) is 90.7 cm³/mol. The quantitative estimate of drug-likeness (QED) is 0.896. The van der Waals surface area contributed by atoms with E-state index < -0.39 is 0 Å².